The minimum atomic E-state index is -0.987. The van der Waals surface area contributed by atoms with Gasteiger partial charge in [-0.3, -0.25) is 4.79 Å². The zero-order chi connectivity index (χ0) is 12.0. The first kappa shape index (κ1) is 11.7. The van der Waals surface area contributed by atoms with Crippen LogP contribution in [0.1, 0.15) is 22.5 Å². The Morgan fingerprint density at radius 1 is 1.50 bits per heavy atom. The van der Waals surface area contributed by atoms with Crippen LogP contribution in [0.4, 0.5) is 0 Å². The van der Waals surface area contributed by atoms with Gasteiger partial charge in [-0.15, -0.1) is 0 Å². The molecule has 0 spiro atoms. The molecule has 1 N–H and O–H groups in total. The lowest BCUT2D eigenvalue weighted by Crippen LogP contribution is -2.01. The molecular formula is C11H9NO4. The summed E-state index contributed by atoms with van der Waals surface area (Å²) in [4.78, 5) is 25.1. The number of carbonyl (C=O) groups excluding carboxylic acids is 1. The molecule has 0 aliphatic rings. The number of methoxy groups -OCH3 is 1. The summed E-state index contributed by atoms with van der Waals surface area (Å²) in [6.07, 6.45) is 1.09. The second-order valence-corrected chi connectivity index (χ2v) is 2.80. The van der Waals surface area contributed by atoms with Crippen LogP contribution >= 0.6 is 0 Å². The number of pyridine rings is 1. The molecule has 1 rings (SSSR count). The minimum Gasteiger partial charge on any atom is -0.481 e. The molecule has 0 amide bonds. The van der Waals surface area contributed by atoms with Gasteiger partial charge in [0.1, 0.15) is 12.1 Å². The third-order valence-corrected chi connectivity index (χ3v) is 1.64. The monoisotopic (exact) mass is 219 g/mol. The fourth-order valence-corrected chi connectivity index (χ4v) is 0.917. The largest absolute Gasteiger partial charge is 0.481 e. The minimum absolute atomic E-state index is 0.236. The number of rotatable bonds is 2. The summed E-state index contributed by atoms with van der Waals surface area (Å²) in [5, 5.41) is 8.36. The van der Waals surface area contributed by atoms with E-state index in [0.29, 0.717) is 11.3 Å². The summed E-state index contributed by atoms with van der Waals surface area (Å²) in [5.74, 6) is 3.54. The smallest absolute Gasteiger partial charge is 0.339 e. The zero-order valence-corrected chi connectivity index (χ0v) is 8.56. The molecule has 1 aromatic heterocycles. The van der Waals surface area contributed by atoms with Crippen LogP contribution < -0.4 is 0 Å². The van der Waals surface area contributed by atoms with Gasteiger partial charge in [-0.25, -0.2) is 9.78 Å². The van der Waals surface area contributed by atoms with Crippen molar-refractivity contribution in [3.05, 3.63) is 29.6 Å². The Labute approximate surface area is 92.1 Å². The Balaban J connectivity index is 2.74. The number of hydrogen-bond donors (Lipinski definition) is 1. The average molecular weight is 219 g/mol. The molecule has 0 unspecified atom stereocenters. The third kappa shape index (κ3) is 3.42. The number of aromatic nitrogens is 1. The van der Waals surface area contributed by atoms with Crippen LogP contribution in [0.25, 0.3) is 0 Å². The fourth-order valence-electron chi connectivity index (χ4n) is 0.917. The van der Waals surface area contributed by atoms with Crippen LogP contribution in [0.3, 0.4) is 0 Å². The molecule has 0 fully saturated rings. The summed E-state index contributed by atoms with van der Waals surface area (Å²) >= 11 is 0. The van der Waals surface area contributed by atoms with Gasteiger partial charge in [-0.1, -0.05) is 5.92 Å². The molecule has 0 saturated heterocycles. The number of esters is 1. The van der Waals surface area contributed by atoms with Gasteiger partial charge in [0.2, 0.25) is 0 Å². The first-order valence-corrected chi connectivity index (χ1v) is 4.38. The Hall–Kier alpha value is -2.35. The first-order chi connectivity index (χ1) is 7.63. The normalized spacial score (nSPS) is 8.81. The number of carbonyl (C=O) groups is 2. The lowest BCUT2D eigenvalue weighted by molar-refractivity contribution is -0.135. The number of nitrogens with zero attached hydrogens (tertiary/aromatic N) is 1. The first-order valence-electron chi connectivity index (χ1n) is 4.38. The van der Waals surface area contributed by atoms with E-state index < -0.39 is 11.9 Å². The van der Waals surface area contributed by atoms with Crippen LogP contribution in [-0.2, 0) is 9.53 Å². The maximum Gasteiger partial charge on any atom is 0.339 e. The average Bonchev–Trinajstić information content (AvgIpc) is 2.28. The Morgan fingerprint density at radius 2 is 2.25 bits per heavy atom. The van der Waals surface area contributed by atoms with Gasteiger partial charge in [0.25, 0.3) is 0 Å². The molecule has 0 aliphatic heterocycles. The SMILES string of the molecule is COC(=O)c1ccc(C#CCC(=O)O)nc1. The molecule has 1 aromatic rings. The van der Waals surface area contributed by atoms with E-state index in [2.05, 4.69) is 21.6 Å². The molecule has 0 saturated carbocycles. The van der Waals surface area contributed by atoms with Gasteiger partial charge >= 0.3 is 11.9 Å². The molecular weight excluding hydrogens is 210 g/mol. The van der Waals surface area contributed by atoms with Gasteiger partial charge < -0.3 is 9.84 Å². The van der Waals surface area contributed by atoms with Crippen molar-refractivity contribution in [1.82, 2.24) is 4.98 Å². The fraction of sp³-hybridized carbons (Fsp3) is 0.182. The maximum absolute atomic E-state index is 11.1. The number of aliphatic carboxylic acids is 1. The number of hydrogen-bond acceptors (Lipinski definition) is 4. The Kier molecular flexibility index (Phi) is 4.04. The van der Waals surface area contributed by atoms with Crippen molar-refractivity contribution in [1.29, 1.82) is 0 Å². The van der Waals surface area contributed by atoms with E-state index in [4.69, 9.17) is 5.11 Å². The molecule has 0 aromatic carbocycles. The lowest BCUT2D eigenvalue weighted by Gasteiger charge is -1.97. The predicted molar refractivity (Wildman–Crippen MR) is 54.7 cm³/mol. The zero-order valence-electron chi connectivity index (χ0n) is 8.56. The molecule has 5 nitrogen and oxygen atoms in total. The summed E-state index contributed by atoms with van der Waals surface area (Å²) in [5.41, 5.74) is 0.736. The number of carboxylic acids is 1. The van der Waals surface area contributed by atoms with Crippen molar-refractivity contribution < 1.29 is 19.4 Å². The van der Waals surface area contributed by atoms with E-state index in [-0.39, 0.29) is 6.42 Å². The van der Waals surface area contributed by atoms with Crippen molar-refractivity contribution in [3.8, 4) is 11.8 Å². The van der Waals surface area contributed by atoms with Gasteiger partial charge in [0, 0.05) is 6.20 Å². The summed E-state index contributed by atoms with van der Waals surface area (Å²) in [6.45, 7) is 0. The van der Waals surface area contributed by atoms with Gasteiger partial charge in [0.15, 0.2) is 0 Å². The summed E-state index contributed by atoms with van der Waals surface area (Å²) in [7, 11) is 1.28. The van der Waals surface area contributed by atoms with E-state index in [1.165, 1.54) is 25.4 Å². The predicted octanol–water partition coefficient (Wildman–Crippen LogP) is 0.694. The van der Waals surface area contributed by atoms with Crippen LogP contribution in [0.2, 0.25) is 0 Å². The molecule has 0 bridgehead atoms. The standard InChI is InChI=1S/C11H9NO4/c1-16-11(15)8-5-6-9(12-7-8)3-2-4-10(13)14/h5-7H,4H2,1H3,(H,13,14). The summed E-state index contributed by atoms with van der Waals surface area (Å²) in [6, 6.07) is 3.05. The van der Waals surface area contributed by atoms with Crippen LogP contribution in [-0.4, -0.2) is 29.1 Å². The second kappa shape index (κ2) is 5.51. The highest BCUT2D eigenvalue weighted by Gasteiger charge is 2.04. The number of carboxylic acid groups (broad SMARTS) is 1. The molecule has 0 aliphatic carbocycles. The van der Waals surface area contributed by atoms with E-state index in [0.717, 1.165) is 0 Å². The third-order valence-electron chi connectivity index (χ3n) is 1.64. The summed E-state index contributed by atoms with van der Waals surface area (Å²) < 4.78 is 4.50. The molecule has 0 atom stereocenters. The van der Waals surface area contributed by atoms with E-state index >= 15 is 0 Å². The van der Waals surface area contributed by atoms with Crippen LogP contribution in [0.5, 0.6) is 0 Å². The lowest BCUT2D eigenvalue weighted by atomic mass is 10.2. The Bertz CT molecular complexity index is 453. The topological polar surface area (TPSA) is 76.5 Å². The molecule has 0 radical (unpaired) electrons. The van der Waals surface area contributed by atoms with Gasteiger partial charge in [-0.05, 0) is 18.1 Å². The van der Waals surface area contributed by atoms with Crippen molar-refractivity contribution in [2.45, 2.75) is 6.42 Å². The van der Waals surface area contributed by atoms with E-state index in [1.807, 2.05) is 0 Å². The van der Waals surface area contributed by atoms with Crippen molar-refractivity contribution in [2.24, 2.45) is 0 Å². The Morgan fingerprint density at radius 3 is 2.75 bits per heavy atom. The highest BCUT2D eigenvalue weighted by molar-refractivity contribution is 5.88. The van der Waals surface area contributed by atoms with E-state index in [1.54, 1.807) is 0 Å². The maximum atomic E-state index is 11.1. The van der Waals surface area contributed by atoms with Crippen molar-refractivity contribution in [3.63, 3.8) is 0 Å². The van der Waals surface area contributed by atoms with Crippen LogP contribution in [0.15, 0.2) is 18.3 Å². The second-order valence-electron chi connectivity index (χ2n) is 2.80. The highest BCUT2D eigenvalue weighted by Crippen LogP contribution is 2.00. The van der Waals surface area contributed by atoms with Crippen LogP contribution in [0, 0.1) is 11.8 Å². The molecule has 16 heavy (non-hydrogen) atoms. The highest BCUT2D eigenvalue weighted by atomic mass is 16.5. The molecule has 82 valence electrons. The van der Waals surface area contributed by atoms with Crippen molar-refractivity contribution >= 4 is 11.9 Å². The molecule has 1 heterocycles. The molecule has 5 heteroatoms. The van der Waals surface area contributed by atoms with Crippen molar-refractivity contribution in [2.75, 3.05) is 7.11 Å². The number of ether oxygens (including phenoxy) is 1. The van der Waals surface area contributed by atoms with E-state index in [9.17, 15) is 9.59 Å². The quantitative estimate of drug-likeness (QED) is 0.585. The van der Waals surface area contributed by atoms with Gasteiger partial charge in [-0.2, -0.15) is 0 Å². The van der Waals surface area contributed by atoms with Gasteiger partial charge in [0.05, 0.1) is 12.7 Å².